The largest absolute Gasteiger partial charge is 0.383 e. The van der Waals surface area contributed by atoms with Gasteiger partial charge in [0.15, 0.2) is 5.16 Å². The van der Waals surface area contributed by atoms with E-state index < -0.39 is 0 Å². The number of likely N-dealkylation sites (N-methyl/N-ethyl adjacent to an activating group) is 1. The van der Waals surface area contributed by atoms with E-state index in [1.54, 1.807) is 14.2 Å². The molecule has 158 valence electrons. The van der Waals surface area contributed by atoms with Crippen LogP contribution in [0.4, 0.5) is 5.69 Å². The summed E-state index contributed by atoms with van der Waals surface area (Å²) in [7, 11) is 3.29. The second kappa shape index (κ2) is 10.3. The number of carbonyl (C=O) groups excluding carboxylic acids is 2. The van der Waals surface area contributed by atoms with Gasteiger partial charge in [0.1, 0.15) is 0 Å². The number of fused-ring (bicyclic) bond motifs is 1. The fourth-order valence-corrected chi connectivity index (χ4v) is 3.92. The molecular formula is C22H26N4O3S. The molecule has 0 saturated carbocycles. The van der Waals surface area contributed by atoms with Crippen LogP contribution in [0.3, 0.4) is 0 Å². The lowest BCUT2D eigenvalue weighted by Gasteiger charge is -2.17. The third kappa shape index (κ3) is 5.61. The van der Waals surface area contributed by atoms with E-state index in [0.717, 1.165) is 21.8 Å². The molecule has 1 heterocycles. The van der Waals surface area contributed by atoms with Crippen LogP contribution in [0.15, 0.2) is 53.7 Å². The molecule has 3 rings (SSSR count). The van der Waals surface area contributed by atoms with Gasteiger partial charge >= 0.3 is 0 Å². The van der Waals surface area contributed by atoms with E-state index in [9.17, 15) is 9.59 Å². The van der Waals surface area contributed by atoms with Gasteiger partial charge in [0.2, 0.25) is 11.8 Å². The van der Waals surface area contributed by atoms with Gasteiger partial charge in [0.05, 0.1) is 29.9 Å². The molecule has 2 amide bonds. The Balaban J connectivity index is 1.58. The molecular weight excluding hydrogens is 400 g/mol. The number of methoxy groups -OCH3 is 1. The first-order valence-corrected chi connectivity index (χ1v) is 10.6. The van der Waals surface area contributed by atoms with Gasteiger partial charge in [-0.25, -0.2) is 4.98 Å². The Morgan fingerprint density at radius 3 is 2.63 bits per heavy atom. The van der Waals surface area contributed by atoms with Crippen molar-refractivity contribution in [2.45, 2.75) is 18.6 Å². The fourth-order valence-electron chi connectivity index (χ4n) is 2.94. The first kappa shape index (κ1) is 21.9. The topological polar surface area (TPSA) is 76.5 Å². The van der Waals surface area contributed by atoms with E-state index >= 15 is 0 Å². The highest BCUT2D eigenvalue weighted by Gasteiger charge is 2.17. The van der Waals surface area contributed by atoms with Crippen molar-refractivity contribution in [3.05, 3.63) is 54.1 Å². The summed E-state index contributed by atoms with van der Waals surface area (Å²) in [4.78, 5) is 30.9. The maximum Gasteiger partial charge on any atom is 0.243 e. The normalized spacial score (nSPS) is 10.9. The molecule has 7 nitrogen and oxygen atoms in total. The van der Waals surface area contributed by atoms with Crippen LogP contribution in [0.1, 0.15) is 5.56 Å². The van der Waals surface area contributed by atoms with Crippen molar-refractivity contribution >= 4 is 40.3 Å². The number of nitrogens with zero attached hydrogens (tertiary/aromatic N) is 3. The highest BCUT2D eigenvalue weighted by Crippen LogP contribution is 2.24. The first-order valence-electron chi connectivity index (χ1n) is 9.65. The van der Waals surface area contributed by atoms with Gasteiger partial charge in [-0.3, -0.25) is 9.59 Å². The number of anilines is 1. The van der Waals surface area contributed by atoms with Gasteiger partial charge in [0, 0.05) is 26.4 Å². The Morgan fingerprint density at radius 1 is 1.17 bits per heavy atom. The molecule has 0 saturated heterocycles. The molecule has 0 fully saturated rings. The van der Waals surface area contributed by atoms with Crippen molar-refractivity contribution in [2.75, 3.05) is 38.4 Å². The lowest BCUT2D eigenvalue weighted by atomic mass is 10.2. The Labute approximate surface area is 180 Å². The molecule has 0 bridgehead atoms. The number of nitrogens with one attached hydrogen (secondary N) is 1. The summed E-state index contributed by atoms with van der Waals surface area (Å²) in [6.45, 7) is 3.19. The number of aryl methyl sites for hydroxylation is 1. The molecule has 0 aliphatic carbocycles. The minimum Gasteiger partial charge on any atom is -0.383 e. The number of carbonyl (C=O) groups is 2. The zero-order chi connectivity index (χ0) is 21.5. The Bertz CT molecular complexity index is 1020. The number of thioether (sulfide) groups is 1. The van der Waals surface area contributed by atoms with E-state index in [1.165, 1.54) is 16.7 Å². The summed E-state index contributed by atoms with van der Waals surface area (Å²) in [5, 5.41) is 3.57. The highest BCUT2D eigenvalue weighted by molar-refractivity contribution is 7.99. The molecule has 2 aromatic carbocycles. The maximum atomic E-state index is 12.6. The summed E-state index contributed by atoms with van der Waals surface area (Å²) >= 11 is 1.37. The predicted octanol–water partition coefficient (Wildman–Crippen LogP) is 3.18. The molecule has 1 aromatic heterocycles. The van der Waals surface area contributed by atoms with Gasteiger partial charge in [-0.1, -0.05) is 41.6 Å². The monoisotopic (exact) mass is 426 g/mol. The van der Waals surface area contributed by atoms with Gasteiger partial charge in [-0.05, 0) is 31.2 Å². The van der Waals surface area contributed by atoms with Crippen LogP contribution in [0.2, 0.25) is 0 Å². The van der Waals surface area contributed by atoms with Gasteiger partial charge < -0.3 is 19.5 Å². The Hall–Kier alpha value is -2.84. The number of amides is 2. The third-order valence-corrected chi connectivity index (χ3v) is 5.57. The molecule has 0 aliphatic rings. The van der Waals surface area contributed by atoms with Crippen LogP contribution >= 0.6 is 11.8 Å². The molecule has 3 aromatic rings. The molecule has 0 unspecified atom stereocenters. The van der Waals surface area contributed by atoms with Gasteiger partial charge in [-0.15, -0.1) is 0 Å². The summed E-state index contributed by atoms with van der Waals surface area (Å²) in [6.07, 6.45) is 0. The Kier molecular flexibility index (Phi) is 7.48. The molecule has 0 aliphatic heterocycles. The van der Waals surface area contributed by atoms with Crippen molar-refractivity contribution in [3.63, 3.8) is 0 Å². The van der Waals surface area contributed by atoms with Crippen LogP contribution in [0.25, 0.3) is 11.0 Å². The van der Waals surface area contributed by atoms with Crippen LogP contribution in [0, 0.1) is 6.92 Å². The van der Waals surface area contributed by atoms with Crippen molar-refractivity contribution in [3.8, 4) is 0 Å². The molecule has 30 heavy (non-hydrogen) atoms. The summed E-state index contributed by atoms with van der Waals surface area (Å²) < 4.78 is 7.26. The van der Waals surface area contributed by atoms with E-state index in [1.807, 2.05) is 55.5 Å². The number of hydrogen-bond donors (Lipinski definition) is 1. The molecule has 0 atom stereocenters. The highest BCUT2D eigenvalue weighted by atomic mass is 32.2. The smallest absolute Gasteiger partial charge is 0.243 e. The second-order valence-electron chi connectivity index (χ2n) is 6.98. The van der Waals surface area contributed by atoms with Crippen LogP contribution < -0.4 is 5.32 Å². The SMILES string of the molecule is COCCn1c(SCC(=O)N(C)CC(=O)Nc2ccc(C)cc2)nc2ccccc21. The second-order valence-corrected chi connectivity index (χ2v) is 7.92. The maximum absolute atomic E-state index is 12.6. The number of hydrogen-bond acceptors (Lipinski definition) is 5. The van der Waals surface area contributed by atoms with Crippen LogP contribution in [-0.2, 0) is 20.9 Å². The minimum absolute atomic E-state index is 0.00659. The van der Waals surface area contributed by atoms with Gasteiger partial charge in [0.25, 0.3) is 0 Å². The third-order valence-electron chi connectivity index (χ3n) is 4.61. The lowest BCUT2D eigenvalue weighted by molar-refractivity contribution is -0.131. The van der Waals surface area contributed by atoms with E-state index in [-0.39, 0.29) is 24.1 Å². The zero-order valence-electron chi connectivity index (χ0n) is 17.4. The first-order chi connectivity index (χ1) is 14.5. The Morgan fingerprint density at radius 2 is 1.90 bits per heavy atom. The predicted molar refractivity (Wildman–Crippen MR) is 120 cm³/mol. The number of imidazole rings is 1. The number of benzene rings is 2. The minimum atomic E-state index is -0.230. The quantitative estimate of drug-likeness (QED) is 0.532. The number of aromatic nitrogens is 2. The molecule has 1 N–H and O–H groups in total. The van der Waals surface area contributed by atoms with Crippen molar-refractivity contribution in [1.82, 2.24) is 14.5 Å². The zero-order valence-corrected chi connectivity index (χ0v) is 18.2. The van der Waals surface area contributed by atoms with Crippen LogP contribution in [-0.4, -0.2) is 59.3 Å². The molecule has 0 spiro atoms. The standard InChI is InChI=1S/C22H26N4O3S/c1-16-8-10-17(11-9-16)23-20(27)14-25(2)21(28)15-30-22-24-18-6-4-5-7-19(18)26(22)12-13-29-3/h4-11H,12-15H2,1-3H3,(H,23,27). The van der Waals surface area contributed by atoms with Gasteiger partial charge in [-0.2, -0.15) is 0 Å². The average molecular weight is 427 g/mol. The van der Waals surface area contributed by atoms with Crippen molar-refractivity contribution in [2.24, 2.45) is 0 Å². The average Bonchev–Trinajstić information content (AvgIpc) is 3.09. The van der Waals surface area contributed by atoms with E-state index in [0.29, 0.717) is 18.8 Å². The van der Waals surface area contributed by atoms with Crippen molar-refractivity contribution in [1.29, 1.82) is 0 Å². The fraction of sp³-hybridized carbons (Fsp3) is 0.318. The van der Waals surface area contributed by atoms with Crippen molar-refractivity contribution < 1.29 is 14.3 Å². The van der Waals surface area contributed by atoms with E-state index in [4.69, 9.17) is 4.74 Å². The number of rotatable bonds is 9. The van der Waals surface area contributed by atoms with E-state index in [2.05, 4.69) is 14.9 Å². The number of ether oxygens (including phenoxy) is 1. The number of para-hydroxylation sites is 2. The summed E-state index contributed by atoms with van der Waals surface area (Å²) in [5.74, 6) is -0.165. The molecule has 8 heteroatoms. The molecule has 0 radical (unpaired) electrons. The lowest BCUT2D eigenvalue weighted by Crippen LogP contribution is -2.36. The van der Waals surface area contributed by atoms with Crippen LogP contribution in [0.5, 0.6) is 0 Å². The summed E-state index contributed by atoms with van der Waals surface area (Å²) in [5.41, 5.74) is 3.73. The summed E-state index contributed by atoms with van der Waals surface area (Å²) in [6, 6.07) is 15.4.